The third kappa shape index (κ3) is 2.76. The molecule has 2 N–H and O–H groups in total. The first-order valence-corrected chi connectivity index (χ1v) is 6.41. The summed E-state index contributed by atoms with van der Waals surface area (Å²) in [5.74, 6) is 0.914. The Hall–Kier alpha value is -1.88. The zero-order chi connectivity index (χ0) is 13.8. The van der Waals surface area contributed by atoms with Gasteiger partial charge in [0.15, 0.2) is 0 Å². The predicted octanol–water partition coefficient (Wildman–Crippen LogP) is 2.13. The van der Waals surface area contributed by atoms with Crippen molar-refractivity contribution in [3.05, 3.63) is 40.7 Å². The molecular formula is C14H20N4O. The molecule has 1 unspecified atom stereocenters. The molecule has 1 atom stereocenters. The number of H-pyrrole nitrogens is 1. The average molecular weight is 260 g/mol. The van der Waals surface area contributed by atoms with Crippen molar-refractivity contribution in [1.82, 2.24) is 20.7 Å². The van der Waals surface area contributed by atoms with Crippen molar-refractivity contribution >= 4 is 0 Å². The van der Waals surface area contributed by atoms with E-state index in [9.17, 15) is 0 Å². The van der Waals surface area contributed by atoms with E-state index < -0.39 is 0 Å². The Kier molecular flexibility index (Phi) is 4.16. The molecule has 5 heteroatoms. The standard InChI is InChI=1S/C14H20N4O/c1-5-15-14(12-8-16-18-17-12)11-6-10(3)13(19-4)7-9(11)2/h6-8,14-15H,5H2,1-4H3,(H,16,17,18). The molecule has 0 aliphatic rings. The van der Waals surface area contributed by atoms with E-state index in [2.05, 4.69) is 46.7 Å². The normalized spacial score (nSPS) is 12.4. The summed E-state index contributed by atoms with van der Waals surface area (Å²) in [6.45, 7) is 7.08. The van der Waals surface area contributed by atoms with E-state index in [-0.39, 0.29) is 6.04 Å². The highest BCUT2D eigenvalue weighted by Crippen LogP contribution is 2.29. The van der Waals surface area contributed by atoms with Gasteiger partial charge in [0.1, 0.15) is 11.4 Å². The van der Waals surface area contributed by atoms with Crippen LogP contribution in [0.2, 0.25) is 0 Å². The molecule has 5 nitrogen and oxygen atoms in total. The smallest absolute Gasteiger partial charge is 0.122 e. The summed E-state index contributed by atoms with van der Waals surface area (Å²) in [4.78, 5) is 0. The molecule has 0 radical (unpaired) electrons. The van der Waals surface area contributed by atoms with E-state index in [4.69, 9.17) is 4.74 Å². The van der Waals surface area contributed by atoms with Crippen LogP contribution in [0.25, 0.3) is 0 Å². The fraction of sp³-hybridized carbons (Fsp3) is 0.429. The quantitative estimate of drug-likeness (QED) is 0.864. The number of nitrogens with one attached hydrogen (secondary N) is 2. The number of nitrogens with zero attached hydrogens (tertiary/aromatic N) is 2. The third-order valence-electron chi connectivity index (χ3n) is 3.23. The maximum Gasteiger partial charge on any atom is 0.122 e. The van der Waals surface area contributed by atoms with Gasteiger partial charge in [-0.3, -0.25) is 0 Å². The maximum atomic E-state index is 5.36. The lowest BCUT2D eigenvalue weighted by atomic mass is 9.96. The fourth-order valence-corrected chi connectivity index (χ4v) is 2.27. The average Bonchev–Trinajstić information content (AvgIpc) is 2.92. The van der Waals surface area contributed by atoms with E-state index in [0.29, 0.717) is 0 Å². The monoisotopic (exact) mass is 260 g/mol. The number of aromatic nitrogens is 3. The molecule has 0 saturated heterocycles. The molecule has 0 spiro atoms. The van der Waals surface area contributed by atoms with Crippen LogP contribution in [0, 0.1) is 13.8 Å². The molecule has 1 aromatic heterocycles. The summed E-state index contributed by atoms with van der Waals surface area (Å²) in [5.41, 5.74) is 4.40. The van der Waals surface area contributed by atoms with Gasteiger partial charge in [-0.05, 0) is 43.1 Å². The van der Waals surface area contributed by atoms with Crippen LogP contribution in [0.15, 0.2) is 18.3 Å². The summed E-state index contributed by atoms with van der Waals surface area (Å²) in [6, 6.07) is 4.26. The number of rotatable bonds is 5. The molecular weight excluding hydrogens is 240 g/mol. The van der Waals surface area contributed by atoms with Gasteiger partial charge in [-0.15, -0.1) is 0 Å². The van der Waals surface area contributed by atoms with Crippen LogP contribution in [0.4, 0.5) is 0 Å². The van der Waals surface area contributed by atoms with Crippen LogP contribution < -0.4 is 10.1 Å². The van der Waals surface area contributed by atoms with Crippen molar-refractivity contribution in [2.45, 2.75) is 26.8 Å². The van der Waals surface area contributed by atoms with Crippen molar-refractivity contribution < 1.29 is 4.74 Å². The summed E-state index contributed by atoms with van der Waals surface area (Å²) >= 11 is 0. The van der Waals surface area contributed by atoms with Gasteiger partial charge < -0.3 is 10.1 Å². The topological polar surface area (TPSA) is 62.8 Å². The van der Waals surface area contributed by atoms with Gasteiger partial charge in [-0.25, -0.2) is 0 Å². The minimum absolute atomic E-state index is 0.0494. The van der Waals surface area contributed by atoms with Gasteiger partial charge in [-0.1, -0.05) is 13.0 Å². The third-order valence-corrected chi connectivity index (χ3v) is 3.23. The lowest BCUT2D eigenvalue weighted by Gasteiger charge is -2.20. The Morgan fingerprint density at radius 1 is 1.32 bits per heavy atom. The predicted molar refractivity (Wildman–Crippen MR) is 74.4 cm³/mol. The number of hydrogen-bond donors (Lipinski definition) is 2. The van der Waals surface area contributed by atoms with Crippen LogP contribution in [-0.2, 0) is 0 Å². The first kappa shape index (κ1) is 13.5. The minimum Gasteiger partial charge on any atom is -0.496 e. The molecule has 0 bridgehead atoms. The summed E-state index contributed by atoms with van der Waals surface area (Å²) in [6.07, 6.45) is 1.76. The lowest BCUT2D eigenvalue weighted by Crippen LogP contribution is -2.23. The second-order valence-corrected chi connectivity index (χ2v) is 4.56. The zero-order valence-electron chi connectivity index (χ0n) is 11.8. The van der Waals surface area contributed by atoms with Crippen molar-refractivity contribution in [3.8, 4) is 5.75 Å². The van der Waals surface area contributed by atoms with Crippen molar-refractivity contribution in [2.24, 2.45) is 0 Å². The molecule has 0 amide bonds. The van der Waals surface area contributed by atoms with E-state index >= 15 is 0 Å². The zero-order valence-corrected chi connectivity index (χ0v) is 11.8. The van der Waals surface area contributed by atoms with E-state index in [1.807, 2.05) is 6.92 Å². The first-order chi connectivity index (χ1) is 9.17. The summed E-state index contributed by atoms with van der Waals surface area (Å²) in [5, 5.41) is 14.2. The number of aryl methyl sites for hydroxylation is 2. The highest BCUT2D eigenvalue weighted by Gasteiger charge is 2.19. The Bertz CT molecular complexity index is 537. The summed E-state index contributed by atoms with van der Waals surface area (Å²) in [7, 11) is 1.70. The first-order valence-electron chi connectivity index (χ1n) is 6.41. The van der Waals surface area contributed by atoms with E-state index in [0.717, 1.165) is 23.6 Å². The molecule has 2 aromatic rings. The fourth-order valence-electron chi connectivity index (χ4n) is 2.27. The van der Waals surface area contributed by atoms with Gasteiger partial charge >= 0.3 is 0 Å². The van der Waals surface area contributed by atoms with Crippen molar-refractivity contribution in [3.63, 3.8) is 0 Å². The molecule has 1 aromatic carbocycles. The molecule has 1 heterocycles. The second-order valence-electron chi connectivity index (χ2n) is 4.56. The molecule has 0 fully saturated rings. The number of ether oxygens (including phenoxy) is 1. The Balaban J connectivity index is 2.45. The van der Waals surface area contributed by atoms with Crippen molar-refractivity contribution in [1.29, 1.82) is 0 Å². The van der Waals surface area contributed by atoms with E-state index in [1.165, 1.54) is 11.1 Å². The van der Waals surface area contributed by atoms with Crippen molar-refractivity contribution in [2.75, 3.05) is 13.7 Å². The van der Waals surface area contributed by atoms with Gasteiger partial charge in [0, 0.05) is 0 Å². The molecule has 0 aliphatic heterocycles. The maximum absolute atomic E-state index is 5.36. The highest BCUT2D eigenvalue weighted by molar-refractivity contribution is 5.44. The SMILES string of the molecule is CCNC(c1cn[nH]n1)c1cc(C)c(OC)cc1C. The number of methoxy groups -OCH3 is 1. The Morgan fingerprint density at radius 2 is 2.11 bits per heavy atom. The molecule has 0 saturated carbocycles. The minimum atomic E-state index is 0.0494. The second kappa shape index (κ2) is 5.84. The van der Waals surface area contributed by atoms with E-state index in [1.54, 1.807) is 13.3 Å². The summed E-state index contributed by atoms with van der Waals surface area (Å²) < 4.78 is 5.36. The number of benzene rings is 1. The number of aromatic amines is 1. The van der Waals surface area contributed by atoms with Crippen LogP contribution in [0.5, 0.6) is 5.75 Å². The van der Waals surface area contributed by atoms with Crippen LogP contribution in [0.1, 0.15) is 35.3 Å². The van der Waals surface area contributed by atoms with Gasteiger partial charge in [0.05, 0.1) is 19.3 Å². The molecule has 0 aliphatic carbocycles. The lowest BCUT2D eigenvalue weighted by molar-refractivity contribution is 0.411. The van der Waals surface area contributed by atoms with Crippen LogP contribution in [-0.4, -0.2) is 29.1 Å². The largest absolute Gasteiger partial charge is 0.496 e. The Labute approximate surface area is 113 Å². The molecule has 2 rings (SSSR count). The van der Waals surface area contributed by atoms with Gasteiger partial charge in [-0.2, -0.15) is 15.4 Å². The Morgan fingerprint density at radius 3 is 2.68 bits per heavy atom. The highest BCUT2D eigenvalue weighted by atomic mass is 16.5. The van der Waals surface area contributed by atoms with Crippen LogP contribution >= 0.6 is 0 Å². The molecule has 102 valence electrons. The van der Waals surface area contributed by atoms with Gasteiger partial charge in [0.25, 0.3) is 0 Å². The molecule has 19 heavy (non-hydrogen) atoms. The van der Waals surface area contributed by atoms with Crippen LogP contribution in [0.3, 0.4) is 0 Å². The number of hydrogen-bond acceptors (Lipinski definition) is 4. The van der Waals surface area contributed by atoms with Gasteiger partial charge in [0.2, 0.25) is 0 Å².